The Bertz CT molecular complexity index is 905. The van der Waals surface area contributed by atoms with Crippen molar-refractivity contribution >= 4 is 17.8 Å². The molecule has 0 fully saturated rings. The standard InChI is InChI=1S/C16H12ClFN6/c17-16-19-5-10(6-20-16)8-24-9-14-13(7-21-24)22-15(23-14)11-3-1-2-4-12(11)18/h1-7H,8-9H2,(H,22,23). The van der Waals surface area contributed by atoms with E-state index in [1.807, 2.05) is 5.01 Å². The van der Waals surface area contributed by atoms with E-state index in [1.165, 1.54) is 6.07 Å². The topological polar surface area (TPSA) is 70.1 Å². The van der Waals surface area contributed by atoms with E-state index >= 15 is 0 Å². The van der Waals surface area contributed by atoms with Crippen LogP contribution in [0.5, 0.6) is 0 Å². The molecule has 0 bridgehead atoms. The smallest absolute Gasteiger partial charge is 0.222 e. The number of aromatic nitrogens is 4. The summed E-state index contributed by atoms with van der Waals surface area (Å²) in [6.07, 6.45) is 4.99. The van der Waals surface area contributed by atoms with Crippen LogP contribution in [0.25, 0.3) is 11.4 Å². The van der Waals surface area contributed by atoms with Gasteiger partial charge in [-0.15, -0.1) is 0 Å². The Morgan fingerprint density at radius 3 is 2.79 bits per heavy atom. The molecule has 120 valence electrons. The van der Waals surface area contributed by atoms with Gasteiger partial charge in [0, 0.05) is 18.0 Å². The Balaban J connectivity index is 1.55. The summed E-state index contributed by atoms with van der Waals surface area (Å²) in [6.45, 7) is 1.08. The predicted molar refractivity (Wildman–Crippen MR) is 87.9 cm³/mol. The number of nitrogens with zero attached hydrogens (tertiary/aromatic N) is 5. The second-order valence-corrected chi connectivity index (χ2v) is 5.69. The number of fused-ring (bicyclic) bond motifs is 1. The monoisotopic (exact) mass is 342 g/mol. The van der Waals surface area contributed by atoms with E-state index in [0.717, 1.165) is 17.0 Å². The molecular formula is C16H12ClFN6. The summed E-state index contributed by atoms with van der Waals surface area (Å²) in [5.41, 5.74) is 2.95. The second kappa shape index (κ2) is 6.01. The molecule has 0 atom stereocenters. The van der Waals surface area contributed by atoms with Gasteiger partial charge in [0.2, 0.25) is 5.28 Å². The molecule has 1 aliphatic rings. The maximum Gasteiger partial charge on any atom is 0.222 e. The normalized spacial score (nSPS) is 13.2. The molecule has 0 saturated heterocycles. The Kier molecular flexibility index (Phi) is 3.70. The molecule has 0 aliphatic carbocycles. The van der Waals surface area contributed by atoms with Crippen molar-refractivity contribution in [3.8, 4) is 11.4 Å². The third kappa shape index (κ3) is 2.85. The number of hydrogen-bond donors (Lipinski definition) is 1. The molecule has 1 N–H and O–H groups in total. The van der Waals surface area contributed by atoms with Crippen LogP contribution in [0.15, 0.2) is 41.8 Å². The Morgan fingerprint density at radius 1 is 1.21 bits per heavy atom. The highest BCUT2D eigenvalue weighted by Crippen LogP contribution is 2.23. The summed E-state index contributed by atoms with van der Waals surface area (Å²) in [5, 5.41) is 6.42. The summed E-state index contributed by atoms with van der Waals surface area (Å²) in [4.78, 5) is 15.5. The molecule has 0 saturated carbocycles. The molecule has 0 unspecified atom stereocenters. The molecule has 0 radical (unpaired) electrons. The molecule has 0 amide bonds. The van der Waals surface area contributed by atoms with E-state index in [0.29, 0.717) is 24.5 Å². The fraction of sp³-hybridized carbons (Fsp3) is 0.125. The van der Waals surface area contributed by atoms with Crippen molar-refractivity contribution in [1.29, 1.82) is 0 Å². The average Bonchev–Trinajstić information content (AvgIpc) is 3.00. The van der Waals surface area contributed by atoms with Gasteiger partial charge >= 0.3 is 0 Å². The number of nitrogens with one attached hydrogen (secondary N) is 1. The number of aromatic amines is 1. The molecule has 8 heteroatoms. The Hall–Kier alpha value is -2.80. The first-order valence-corrected chi connectivity index (χ1v) is 7.66. The molecule has 0 spiro atoms. The maximum atomic E-state index is 13.9. The van der Waals surface area contributed by atoms with Crippen molar-refractivity contribution in [2.24, 2.45) is 5.10 Å². The van der Waals surface area contributed by atoms with Crippen molar-refractivity contribution in [3.05, 3.63) is 64.7 Å². The summed E-state index contributed by atoms with van der Waals surface area (Å²) >= 11 is 5.69. The van der Waals surface area contributed by atoms with E-state index in [1.54, 1.807) is 36.8 Å². The van der Waals surface area contributed by atoms with Gasteiger partial charge < -0.3 is 4.98 Å². The molecule has 1 aliphatic heterocycles. The van der Waals surface area contributed by atoms with Crippen LogP contribution in [0.4, 0.5) is 4.39 Å². The van der Waals surface area contributed by atoms with Crippen molar-refractivity contribution in [3.63, 3.8) is 0 Å². The zero-order valence-corrected chi connectivity index (χ0v) is 13.2. The van der Waals surface area contributed by atoms with Gasteiger partial charge in [-0.1, -0.05) is 12.1 Å². The molecule has 24 heavy (non-hydrogen) atoms. The van der Waals surface area contributed by atoms with Gasteiger partial charge in [0.15, 0.2) is 0 Å². The number of rotatable bonds is 3. The van der Waals surface area contributed by atoms with Crippen LogP contribution >= 0.6 is 11.6 Å². The largest absolute Gasteiger partial charge is 0.340 e. The summed E-state index contributed by atoms with van der Waals surface area (Å²) in [7, 11) is 0. The number of halogens is 2. The molecule has 4 rings (SSSR count). The van der Waals surface area contributed by atoms with E-state index in [9.17, 15) is 4.39 Å². The summed E-state index contributed by atoms with van der Waals surface area (Å²) in [6, 6.07) is 6.54. The third-order valence-corrected chi connectivity index (χ3v) is 3.86. The van der Waals surface area contributed by atoms with E-state index < -0.39 is 0 Å². The second-order valence-electron chi connectivity index (χ2n) is 5.36. The van der Waals surface area contributed by atoms with Crippen LogP contribution in [0.3, 0.4) is 0 Å². The van der Waals surface area contributed by atoms with Gasteiger partial charge in [-0.2, -0.15) is 5.10 Å². The van der Waals surface area contributed by atoms with Crippen LogP contribution < -0.4 is 0 Å². The lowest BCUT2D eigenvalue weighted by atomic mass is 10.2. The van der Waals surface area contributed by atoms with Gasteiger partial charge in [0.1, 0.15) is 17.3 Å². The number of imidazole rings is 1. The molecule has 3 heterocycles. The zero-order chi connectivity index (χ0) is 16.5. The highest BCUT2D eigenvalue weighted by molar-refractivity contribution is 6.28. The molecule has 2 aromatic heterocycles. The summed E-state index contributed by atoms with van der Waals surface area (Å²) < 4.78 is 13.9. The third-order valence-electron chi connectivity index (χ3n) is 3.66. The Morgan fingerprint density at radius 2 is 2.00 bits per heavy atom. The van der Waals surface area contributed by atoms with Crippen molar-refractivity contribution < 1.29 is 4.39 Å². The van der Waals surface area contributed by atoms with Crippen LogP contribution in [-0.2, 0) is 13.1 Å². The lowest BCUT2D eigenvalue weighted by Gasteiger charge is -2.21. The zero-order valence-electron chi connectivity index (χ0n) is 12.4. The van der Waals surface area contributed by atoms with Gasteiger partial charge in [0.25, 0.3) is 0 Å². The fourth-order valence-corrected chi connectivity index (χ4v) is 2.62. The van der Waals surface area contributed by atoms with Crippen LogP contribution in [0.1, 0.15) is 17.0 Å². The van der Waals surface area contributed by atoms with Crippen molar-refractivity contribution in [1.82, 2.24) is 24.9 Å². The van der Waals surface area contributed by atoms with E-state index in [4.69, 9.17) is 11.6 Å². The fourth-order valence-electron chi connectivity index (χ4n) is 2.52. The van der Waals surface area contributed by atoms with Crippen LogP contribution in [0, 0.1) is 5.82 Å². The number of hydrogen-bond acceptors (Lipinski definition) is 5. The molecular weight excluding hydrogens is 331 g/mol. The summed E-state index contributed by atoms with van der Waals surface area (Å²) in [5.74, 6) is 0.192. The minimum Gasteiger partial charge on any atom is -0.340 e. The number of H-pyrrole nitrogens is 1. The predicted octanol–water partition coefficient (Wildman–Crippen LogP) is 3.01. The number of hydrazone groups is 1. The first-order valence-electron chi connectivity index (χ1n) is 7.28. The SMILES string of the molecule is Fc1ccccc1-c1nc2c([nH]1)CN(Cc1cnc(Cl)nc1)N=C2. The van der Waals surface area contributed by atoms with Gasteiger partial charge in [0.05, 0.1) is 30.6 Å². The quantitative estimate of drug-likeness (QED) is 0.743. The minimum atomic E-state index is -0.310. The van der Waals surface area contributed by atoms with Crippen LogP contribution in [0.2, 0.25) is 5.28 Å². The van der Waals surface area contributed by atoms with Crippen LogP contribution in [-0.4, -0.2) is 31.2 Å². The van der Waals surface area contributed by atoms with Gasteiger partial charge in [-0.05, 0) is 23.7 Å². The van der Waals surface area contributed by atoms with E-state index in [-0.39, 0.29) is 11.1 Å². The van der Waals surface area contributed by atoms with Gasteiger partial charge in [-0.3, -0.25) is 5.01 Å². The maximum absolute atomic E-state index is 13.9. The minimum absolute atomic E-state index is 0.214. The highest BCUT2D eigenvalue weighted by Gasteiger charge is 2.18. The lowest BCUT2D eigenvalue weighted by Crippen LogP contribution is -2.21. The Labute approximate surface area is 142 Å². The van der Waals surface area contributed by atoms with E-state index in [2.05, 4.69) is 25.0 Å². The molecule has 3 aromatic rings. The molecule has 1 aromatic carbocycles. The number of benzene rings is 1. The molecule has 6 nitrogen and oxygen atoms in total. The lowest BCUT2D eigenvalue weighted by molar-refractivity contribution is 0.264. The van der Waals surface area contributed by atoms with Crippen molar-refractivity contribution in [2.75, 3.05) is 0 Å². The first-order chi connectivity index (χ1) is 11.7. The van der Waals surface area contributed by atoms with Crippen molar-refractivity contribution in [2.45, 2.75) is 13.1 Å². The highest BCUT2D eigenvalue weighted by atomic mass is 35.5. The first kappa shape index (κ1) is 14.8. The average molecular weight is 343 g/mol. The van der Waals surface area contributed by atoms with Gasteiger partial charge in [-0.25, -0.2) is 19.3 Å².